The number of carbonyl (C=O) groups excluding carboxylic acids is 9. The molecule has 514 valence electrons. The molecule has 2 aromatic rings. The highest BCUT2D eigenvalue weighted by Crippen LogP contribution is 2.36. The van der Waals surface area contributed by atoms with Crippen LogP contribution in [0.25, 0.3) is 0 Å². The monoisotopic (exact) mass is 1300 g/mol. The average molecular weight is 1300 g/mol. The van der Waals surface area contributed by atoms with Gasteiger partial charge < -0.3 is 99.0 Å². The van der Waals surface area contributed by atoms with E-state index >= 15 is 4.79 Å². The number of ether oxygens (including phenoxy) is 12. The lowest BCUT2D eigenvalue weighted by molar-refractivity contribution is -0.316. The molecule has 3 fully saturated rings. The Morgan fingerprint density at radius 1 is 0.522 bits per heavy atom. The van der Waals surface area contributed by atoms with E-state index in [2.05, 4.69) is 31.9 Å². The van der Waals surface area contributed by atoms with Crippen LogP contribution in [0.2, 0.25) is 0 Å². The van der Waals surface area contributed by atoms with E-state index in [1.807, 2.05) is 0 Å². The van der Waals surface area contributed by atoms with Gasteiger partial charge in [-0.25, -0.2) is 33.6 Å². The van der Waals surface area contributed by atoms with Gasteiger partial charge in [0.15, 0.2) is 30.9 Å². The summed E-state index contributed by atoms with van der Waals surface area (Å²) in [5, 5.41) is 38.9. The molecule has 29 nitrogen and oxygen atoms in total. The highest BCUT2D eigenvalue weighted by atomic mass is 16.7. The van der Waals surface area contributed by atoms with E-state index in [-0.39, 0.29) is 37.1 Å². The Balaban J connectivity index is 1.75. The van der Waals surface area contributed by atoms with Gasteiger partial charge in [0, 0.05) is 26.4 Å². The van der Waals surface area contributed by atoms with Gasteiger partial charge in [0.25, 0.3) is 5.91 Å². The summed E-state index contributed by atoms with van der Waals surface area (Å²) < 4.78 is 72.7. The number of benzene rings is 2. The van der Waals surface area contributed by atoms with Crippen LogP contribution in [0.15, 0.2) is 60.7 Å². The predicted octanol–water partition coefficient (Wildman–Crippen LogP) is 5.73. The minimum atomic E-state index is -2.05. The third-order valence-electron chi connectivity index (χ3n) is 13.3. The van der Waals surface area contributed by atoms with Gasteiger partial charge in [0.1, 0.15) is 58.5 Å². The molecule has 1 saturated carbocycles. The Kier molecular flexibility index (Phi) is 26.4. The zero-order chi connectivity index (χ0) is 68.7. The number of aliphatic hydroxyl groups is 2. The van der Waals surface area contributed by atoms with Crippen molar-refractivity contribution in [3.05, 3.63) is 71.8 Å². The number of nitrogens with one attached hydrogen (secondary N) is 6. The molecule has 3 aliphatic rings. The Morgan fingerprint density at radius 2 is 0.978 bits per heavy atom. The van der Waals surface area contributed by atoms with Crippen LogP contribution < -0.4 is 31.9 Å². The van der Waals surface area contributed by atoms with Gasteiger partial charge in [-0.1, -0.05) is 36.4 Å². The van der Waals surface area contributed by atoms with Crippen molar-refractivity contribution in [3.63, 3.8) is 0 Å². The fourth-order valence-electron chi connectivity index (χ4n) is 9.75. The average Bonchev–Trinajstić information content (AvgIpc) is 0.767. The lowest BCUT2D eigenvalue weighted by atomic mass is 9.82. The van der Waals surface area contributed by atoms with E-state index in [0.29, 0.717) is 0 Å². The standard InChI is InChI=1S/C63H94N6O23/c1-34(71)81-48-45(87-53-47(85-51(75)36-25-21-18-22-26-36)43(44(72)42(33-70)84-53)69-58(80)92-63(14,15)16)39(66-49(73)41(29-30-64-54(76)88-59(2,3)4)83-50(74)35-23-19-17-20-24-35)31-40(68-57(79)91-62(11,12)13)46(48)86-52-38(67-56(78)90-61(8,9)10)28-27-37(82-52)32-65-55(77)89-60(5,6)7/h17-26,37-48,52-53,70,72H,27-33H2,1-16H3,(H,64,76)(H,65,77)(H,66,73)(H,67,78)(H,68,79)(H,69,80)/t37?,38?,39-,40-,41+,42?,43+,44-,45+,46?,47?,48?,52-,53-/m1/s1. The summed E-state index contributed by atoms with van der Waals surface area (Å²) in [6, 6.07) is 9.25. The van der Waals surface area contributed by atoms with E-state index in [0.717, 1.165) is 6.92 Å². The second-order valence-corrected chi connectivity index (χ2v) is 27.3. The van der Waals surface area contributed by atoms with Gasteiger partial charge in [-0.05, 0) is 147 Å². The molecule has 1 aliphatic carbocycles. The first-order valence-corrected chi connectivity index (χ1v) is 30.5. The van der Waals surface area contributed by atoms with Gasteiger partial charge in [0.2, 0.25) is 0 Å². The van der Waals surface area contributed by atoms with Gasteiger partial charge >= 0.3 is 48.4 Å². The van der Waals surface area contributed by atoms with Crippen molar-refractivity contribution < 1.29 is 110 Å². The van der Waals surface area contributed by atoms with E-state index in [4.69, 9.17) is 56.8 Å². The van der Waals surface area contributed by atoms with Crippen LogP contribution >= 0.6 is 0 Å². The summed E-state index contributed by atoms with van der Waals surface area (Å²) in [6.45, 7) is 23.9. The van der Waals surface area contributed by atoms with Crippen LogP contribution in [0.3, 0.4) is 0 Å². The number of esters is 3. The minimum absolute atomic E-state index is 0.0231. The maximum absolute atomic E-state index is 15.2. The van der Waals surface area contributed by atoms with Crippen molar-refractivity contribution >= 4 is 54.3 Å². The van der Waals surface area contributed by atoms with Crippen molar-refractivity contribution in [3.8, 4) is 0 Å². The van der Waals surface area contributed by atoms with Crippen LogP contribution in [0.4, 0.5) is 24.0 Å². The van der Waals surface area contributed by atoms with Crippen LogP contribution in [-0.2, 0) is 66.4 Å². The van der Waals surface area contributed by atoms with Crippen molar-refractivity contribution in [1.82, 2.24) is 31.9 Å². The summed E-state index contributed by atoms with van der Waals surface area (Å²) >= 11 is 0. The summed E-state index contributed by atoms with van der Waals surface area (Å²) in [7, 11) is 0. The normalized spacial score (nSPS) is 25.6. The first-order valence-electron chi connectivity index (χ1n) is 30.5. The third-order valence-corrected chi connectivity index (χ3v) is 13.3. The number of carbonyl (C=O) groups is 9. The minimum Gasteiger partial charge on any atom is -0.457 e. The number of alkyl carbamates (subject to hydrolysis) is 5. The molecule has 0 radical (unpaired) electrons. The maximum Gasteiger partial charge on any atom is 0.408 e. The summed E-state index contributed by atoms with van der Waals surface area (Å²) in [6.07, 6.45) is -22.7. The summed E-state index contributed by atoms with van der Waals surface area (Å²) in [5.41, 5.74) is -5.05. The van der Waals surface area contributed by atoms with E-state index < -0.39 is 187 Å². The lowest BCUT2D eigenvalue weighted by Crippen LogP contribution is -2.71. The molecule has 0 bridgehead atoms. The number of rotatable bonds is 20. The summed E-state index contributed by atoms with van der Waals surface area (Å²) in [5.74, 6) is -4.09. The van der Waals surface area contributed by atoms with Gasteiger partial charge in [0.05, 0.1) is 42.0 Å². The van der Waals surface area contributed by atoms with E-state index in [1.54, 1.807) is 128 Å². The molecule has 5 rings (SSSR count). The molecule has 0 aromatic heterocycles. The Morgan fingerprint density at radius 3 is 1.48 bits per heavy atom. The number of hydrogen-bond donors (Lipinski definition) is 8. The van der Waals surface area contributed by atoms with Crippen LogP contribution in [0.1, 0.15) is 157 Å². The molecule has 0 spiro atoms. The van der Waals surface area contributed by atoms with Crippen LogP contribution in [0.5, 0.6) is 0 Å². The fraction of sp³-hybridized carbons (Fsp3) is 0.667. The first kappa shape index (κ1) is 75.2. The summed E-state index contributed by atoms with van der Waals surface area (Å²) in [4.78, 5) is 125. The van der Waals surface area contributed by atoms with Crippen molar-refractivity contribution in [2.24, 2.45) is 0 Å². The SMILES string of the molecule is CC(=O)OC1C(O[C@H]2OC(CNC(=O)OC(C)(C)C)CCC2NC(=O)OC(C)(C)C)[C@H](NC(=O)OC(C)(C)C)C[C@@H](NC(=O)[C@H](CCNC(=O)OC(C)(C)C)OC(=O)c2ccccc2)[C@@H]1O[C@H]1OC(CO)[C@@H](O)[C@H](NC(=O)OC(C)(C)C)C1OC(=O)c1ccccc1. The fourth-order valence-corrected chi connectivity index (χ4v) is 9.75. The molecule has 8 N–H and O–H groups in total. The Hall–Kier alpha value is -7.57. The maximum atomic E-state index is 15.2. The Bertz CT molecular complexity index is 2810. The van der Waals surface area contributed by atoms with E-state index in [9.17, 15) is 48.6 Å². The highest BCUT2D eigenvalue weighted by Gasteiger charge is 2.57. The third kappa shape index (κ3) is 25.1. The van der Waals surface area contributed by atoms with Crippen molar-refractivity contribution in [1.29, 1.82) is 0 Å². The molecular formula is C63H94N6O23. The highest BCUT2D eigenvalue weighted by molar-refractivity contribution is 5.92. The smallest absolute Gasteiger partial charge is 0.408 e. The topological polar surface area (TPSA) is 377 Å². The molecular weight excluding hydrogens is 1210 g/mol. The number of hydrogen-bond acceptors (Lipinski definition) is 23. The molecule has 14 atom stereocenters. The van der Waals surface area contributed by atoms with Gasteiger partial charge in [-0.15, -0.1) is 0 Å². The van der Waals surface area contributed by atoms with Gasteiger partial charge in [-0.3, -0.25) is 9.59 Å². The quantitative estimate of drug-likeness (QED) is 0.0579. The van der Waals surface area contributed by atoms with Crippen molar-refractivity contribution in [2.45, 2.75) is 250 Å². The molecule has 2 aromatic carbocycles. The van der Waals surface area contributed by atoms with Gasteiger partial charge in [-0.2, -0.15) is 0 Å². The predicted molar refractivity (Wildman–Crippen MR) is 325 cm³/mol. The zero-order valence-corrected chi connectivity index (χ0v) is 55.3. The lowest BCUT2D eigenvalue weighted by Gasteiger charge is -2.50. The molecule has 29 heteroatoms. The first-order chi connectivity index (χ1) is 42.7. The largest absolute Gasteiger partial charge is 0.457 e. The molecule has 6 amide bonds. The zero-order valence-electron chi connectivity index (χ0n) is 55.3. The second-order valence-electron chi connectivity index (χ2n) is 27.3. The second kappa shape index (κ2) is 32.3. The van der Waals surface area contributed by atoms with Crippen LogP contribution in [0, 0.1) is 0 Å². The molecule has 2 heterocycles. The van der Waals surface area contributed by atoms with Crippen molar-refractivity contribution in [2.75, 3.05) is 19.7 Å². The Labute approximate surface area is 536 Å². The molecule has 6 unspecified atom stereocenters. The van der Waals surface area contributed by atoms with E-state index in [1.165, 1.54) is 36.4 Å². The van der Waals surface area contributed by atoms with Crippen LogP contribution in [-0.4, -0.2) is 198 Å². The number of aliphatic hydroxyl groups excluding tert-OH is 2. The number of amides is 6. The molecule has 92 heavy (non-hydrogen) atoms. The molecule has 2 saturated heterocycles. The molecule has 2 aliphatic heterocycles.